The molecule has 1 fully saturated rings. The minimum Gasteiger partial charge on any atom is -0.496 e. The van der Waals surface area contributed by atoms with Gasteiger partial charge in [0.2, 0.25) is 0 Å². The lowest BCUT2D eigenvalue weighted by atomic mass is 10.1. The van der Waals surface area contributed by atoms with Gasteiger partial charge < -0.3 is 14.1 Å². The summed E-state index contributed by atoms with van der Waals surface area (Å²) < 4.78 is 10.8. The average Bonchev–Trinajstić information content (AvgIpc) is 3.18. The molecule has 1 aromatic carbocycles. The number of para-hydroxylation sites is 1. The van der Waals surface area contributed by atoms with Gasteiger partial charge in [-0.3, -0.25) is 4.79 Å². The van der Waals surface area contributed by atoms with Crippen molar-refractivity contribution in [2.24, 2.45) is 0 Å². The van der Waals surface area contributed by atoms with Gasteiger partial charge in [-0.25, -0.2) is 0 Å². The summed E-state index contributed by atoms with van der Waals surface area (Å²) in [6, 6.07) is 11.3. The van der Waals surface area contributed by atoms with E-state index < -0.39 is 0 Å². The normalized spacial score (nSPS) is 15.5. The Morgan fingerprint density at radius 3 is 2.67 bits per heavy atom. The molecule has 1 atom stereocenters. The SMILES string of the molecule is COc1ccccc1C(=O)N(C1CC1)C(C)c1ccco1. The first-order valence-electron chi connectivity index (χ1n) is 7.21. The highest BCUT2D eigenvalue weighted by molar-refractivity contribution is 5.97. The molecule has 0 aliphatic heterocycles. The Hall–Kier alpha value is -2.23. The summed E-state index contributed by atoms with van der Waals surface area (Å²) in [5.41, 5.74) is 0.602. The van der Waals surface area contributed by atoms with Crippen LogP contribution in [0.4, 0.5) is 0 Å². The Morgan fingerprint density at radius 1 is 1.29 bits per heavy atom. The molecule has 0 spiro atoms. The van der Waals surface area contributed by atoms with Gasteiger partial charge in [-0.1, -0.05) is 12.1 Å². The zero-order chi connectivity index (χ0) is 14.8. The predicted molar refractivity (Wildman–Crippen MR) is 79.3 cm³/mol. The van der Waals surface area contributed by atoms with Crippen LogP contribution >= 0.6 is 0 Å². The monoisotopic (exact) mass is 285 g/mol. The maximum atomic E-state index is 12.9. The van der Waals surface area contributed by atoms with Gasteiger partial charge in [0.15, 0.2) is 0 Å². The minimum atomic E-state index is -0.0788. The molecular formula is C17H19NO3. The molecule has 1 unspecified atom stereocenters. The Labute approximate surface area is 124 Å². The molecule has 0 bridgehead atoms. The van der Waals surface area contributed by atoms with E-state index in [0.29, 0.717) is 17.4 Å². The molecule has 1 amide bonds. The first-order valence-corrected chi connectivity index (χ1v) is 7.21. The summed E-state index contributed by atoms with van der Waals surface area (Å²) in [6.07, 6.45) is 3.74. The van der Waals surface area contributed by atoms with Crippen LogP contribution in [0.3, 0.4) is 0 Å². The summed E-state index contributed by atoms with van der Waals surface area (Å²) in [5.74, 6) is 1.42. The second-order valence-corrected chi connectivity index (χ2v) is 5.34. The van der Waals surface area contributed by atoms with E-state index in [1.807, 2.05) is 48.2 Å². The van der Waals surface area contributed by atoms with Crippen LogP contribution < -0.4 is 4.74 Å². The zero-order valence-electron chi connectivity index (χ0n) is 12.3. The third-order valence-corrected chi connectivity index (χ3v) is 3.88. The van der Waals surface area contributed by atoms with Gasteiger partial charge in [0.05, 0.1) is 25.0 Å². The molecular weight excluding hydrogens is 266 g/mol. The summed E-state index contributed by atoms with van der Waals surface area (Å²) in [4.78, 5) is 14.9. The van der Waals surface area contributed by atoms with Crippen LogP contribution in [0.2, 0.25) is 0 Å². The van der Waals surface area contributed by atoms with Crippen LogP contribution in [0, 0.1) is 0 Å². The number of ether oxygens (including phenoxy) is 1. The molecule has 0 N–H and O–H groups in total. The van der Waals surface area contributed by atoms with E-state index in [-0.39, 0.29) is 11.9 Å². The third-order valence-electron chi connectivity index (χ3n) is 3.88. The number of rotatable bonds is 5. The molecule has 21 heavy (non-hydrogen) atoms. The fourth-order valence-corrected chi connectivity index (χ4v) is 2.64. The molecule has 2 aromatic rings. The van der Waals surface area contributed by atoms with E-state index >= 15 is 0 Å². The van der Waals surface area contributed by atoms with Crippen LogP contribution in [0.5, 0.6) is 5.75 Å². The number of carbonyl (C=O) groups is 1. The molecule has 3 rings (SSSR count). The molecule has 0 saturated heterocycles. The Morgan fingerprint density at radius 2 is 2.05 bits per heavy atom. The van der Waals surface area contributed by atoms with Gasteiger partial charge in [0.1, 0.15) is 11.5 Å². The second-order valence-electron chi connectivity index (χ2n) is 5.34. The first-order chi connectivity index (χ1) is 10.2. The van der Waals surface area contributed by atoms with E-state index in [0.717, 1.165) is 18.6 Å². The van der Waals surface area contributed by atoms with Gasteiger partial charge >= 0.3 is 0 Å². The van der Waals surface area contributed by atoms with Gasteiger partial charge in [0, 0.05) is 6.04 Å². The Balaban J connectivity index is 1.92. The van der Waals surface area contributed by atoms with Crippen LogP contribution in [0.25, 0.3) is 0 Å². The maximum Gasteiger partial charge on any atom is 0.258 e. The van der Waals surface area contributed by atoms with Crippen molar-refractivity contribution in [3.05, 3.63) is 54.0 Å². The minimum absolute atomic E-state index is 0.00106. The highest BCUT2D eigenvalue weighted by Crippen LogP contribution is 2.36. The largest absolute Gasteiger partial charge is 0.496 e. The number of hydrogen-bond acceptors (Lipinski definition) is 3. The van der Waals surface area contributed by atoms with Crippen LogP contribution in [0.1, 0.15) is 41.9 Å². The number of carbonyl (C=O) groups excluding carboxylic acids is 1. The summed E-state index contributed by atoms with van der Waals surface area (Å²) >= 11 is 0. The second kappa shape index (κ2) is 5.64. The van der Waals surface area contributed by atoms with Crippen LogP contribution in [0.15, 0.2) is 47.1 Å². The van der Waals surface area contributed by atoms with E-state index in [1.165, 1.54) is 0 Å². The van der Waals surface area contributed by atoms with E-state index in [2.05, 4.69) is 0 Å². The number of nitrogens with zero attached hydrogens (tertiary/aromatic N) is 1. The number of methoxy groups -OCH3 is 1. The quantitative estimate of drug-likeness (QED) is 0.842. The van der Waals surface area contributed by atoms with Crippen molar-refractivity contribution in [2.75, 3.05) is 7.11 Å². The summed E-state index contributed by atoms with van der Waals surface area (Å²) in [7, 11) is 1.59. The molecule has 0 radical (unpaired) electrons. The van der Waals surface area contributed by atoms with Crippen molar-refractivity contribution < 1.29 is 13.9 Å². The standard InChI is InChI=1S/C17H19NO3/c1-12(15-8-5-11-21-15)18(13-9-10-13)17(19)14-6-3-4-7-16(14)20-2/h3-8,11-13H,9-10H2,1-2H3. The molecule has 1 aliphatic carbocycles. The lowest BCUT2D eigenvalue weighted by molar-refractivity contribution is 0.0649. The lowest BCUT2D eigenvalue weighted by Crippen LogP contribution is -2.35. The molecule has 1 aromatic heterocycles. The molecule has 1 aliphatic rings. The Kier molecular flexibility index (Phi) is 3.69. The number of hydrogen-bond donors (Lipinski definition) is 0. The van der Waals surface area contributed by atoms with Crippen LogP contribution in [-0.2, 0) is 0 Å². The molecule has 4 heteroatoms. The van der Waals surface area contributed by atoms with E-state index in [1.54, 1.807) is 13.4 Å². The van der Waals surface area contributed by atoms with Crippen LogP contribution in [-0.4, -0.2) is 24.0 Å². The summed E-state index contributed by atoms with van der Waals surface area (Å²) in [5, 5.41) is 0. The zero-order valence-corrected chi connectivity index (χ0v) is 12.3. The van der Waals surface area contributed by atoms with Crippen molar-refractivity contribution in [2.45, 2.75) is 31.8 Å². The fraction of sp³-hybridized carbons (Fsp3) is 0.353. The first kappa shape index (κ1) is 13.7. The molecule has 110 valence electrons. The predicted octanol–water partition coefficient (Wildman–Crippen LogP) is 3.65. The maximum absolute atomic E-state index is 12.9. The number of benzene rings is 1. The van der Waals surface area contributed by atoms with Gasteiger partial charge in [-0.15, -0.1) is 0 Å². The third kappa shape index (κ3) is 2.66. The smallest absolute Gasteiger partial charge is 0.258 e. The molecule has 1 saturated carbocycles. The summed E-state index contributed by atoms with van der Waals surface area (Å²) in [6.45, 7) is 2.00. The molecule has 4 nitrogen and oxygen atoms in total. The lowest BCUT2D eigenvalue weighted by Gasteiger charge is -2.28. The van der Waals surface area contributed by atoms with Crippen molar-refractivity contribution in [3.63, 3.8) is 0 Å². The van der Waals surface area contributed by atoms with Crippen molar-refractivity contribution in [3.8, 4) is 5.75 Å². The van der Waals surface area contributed by atoms with Crippen molar-refractivity contribution in [1.82, 2.24) is 4.90 Å². The van der Waals surface area contributed by atoms with E-state index in [4.69, 9.17) is 9.15 Å². The van der Waals surface area contributed by atoms with Crippen molar-refractivity contribution >= 4 is 5.91 Å². The highest BCUT2D eigenvalue weighted by Gasteiger charge is 2.38. The van der Waals surface area contributed by atoms with Crippen molar-refractivity contribution in [1.29, 1.82) is 0 Å². The highest BCUT2D eigenvalue weighted by atomic mass is 16.5. The molecule has 1 heterocycles. The van der Waals surface area contributed by atoms with Gasteiger partial charge in [0.25, 0.3) is 5.91 Å². The van der Waals surface area contributed by atoms with Gasteiger partial charge in [-0.05, 0) is 44.0 Å². The Bertz CT molecular complexity index is 617. The van der Waals surface area contributed by atoms with E-state index in [9.17, 15) is 4.79 Å². The fourth-order valence-electron chi connectivity index (χ4n) is 2.64. The average molecular weight is 285 g/mol. The number of amides is 1. The number of furan rings is 1. The van der Waals surface area contributed by atoms with Gasteiger partial charge in [-0.2, -0.15) is 0 Å². The topological polar surface area (TPSA) is 42.7 Å².